The molecule has 0 spiro atoms. The van der Waals surface area contributed by atoms with Gasteiger partial charge in [-0.1, -0.05) is 6.07 Å². The molecule has 0 aromatic carbocycles. The van der Waals surface area contributed by atoms with E-state index in [1.807, 2.05) is 24.4 Å². The van der Waals surface area contributed by atoms with E-state index in [9.17, 15) is 0 Å². The molecule has 0 saturated carbocycles. The summed E-state index contributed by atoms with van der Waals surface area (Å²) >= 11 is 1.67. The van der Waals surface area contributed by atoms with E-state index in [0.717, 1.165) is 36.0 Å². The molecule has 3 heterocycles. The normalized spacial score (nSPS) is 23.3. The van der Waals surface area contributed by atoms with Crippen LogP contribution in [-0.4, -0.2) is 34.0 Å². The molecule has 0 radical (unpaired) electrons. The number of rotatable bonds is 4. The fourth-order valence-corrected chi connectivity index (χ4v) is 3.59. The van der Waals surface area contributed by atoms with Gasteiger partial charge in [-0.15, -0.1) is 11.3 Å². The molecule has 1 fully saturated rings. The first kappa shape index (κ1) is 13.7. The molecule has 0 aliphatic carbocycles. The number of aromatic nitrogens is 2. The maximum absolute atomic E-state index is 5.78. The first-order valence-electron chi connectivity index (χ1n) is 7.06. The Morgan fingerprint density at radius 2 is 2.35 bits per heavy atom. The van der Waals surface area contributed by atoms with Crippen molar-refractivity contribution >= 4 is 11.3 Å². The van der Waals surface area contributed by atoms with Gasteiger partial charge in [0.1, 0.15) is 5.01 Å². The van der Waals surface area contributed by atoms with Crippen LogP contribution in [0.15, 0.2) is 29.8 Å². The summed E-state index contributed by atoms with van der Waals surface area (Å²) in [6.07, 6.45) is 3.01. The average molecular weight is 288 g/mol. The molecule has 2 aromatic heterocycles. The van der Waals surface area contributed by atoms with Crippen LogP contribution < -0.4 is 5.73 Å². The monoisotopic (exact) mass is 288 g/mol. The molecule has 3 rings (SSSR count). The number of nitrogens with zero attached hydrogens (tertiary/aromatic N) is 3. The molecule has 1 aliphatic heterocycles. The molecule has 0 amide bonds. The van der Waals surface area contributed by atoms with Gasteiger partial charge in [0.05, 0.1) is 11.4 Å². The van der Waals surface area contributed by atoms with Gasteiger partial charge in [0, 0.05) is 30.7 Å². The van der Waals surface area contributed by atoms with Crippen molar-refractivity contribution in [2.45, 2.75) is 25.9 Å². The van der Waals surface area contributed by atoms with Crippen LogP contribution in [-0.2, 0) is 6.54 Å². The lowest BCUT2D eigenvalue weighted by Crippen LogP contribution is -2.27. The summed E-state index contributed by atoms with van der Waals surface area (Å²) in [6, 6.07) is 6.53. The molecule has 106 valence electrons. The van der Waals surface area contributed by atoms with E-state index in [2.05, 4.69) is 22.2 Å². The maximum atomic E-state index is 5.78. The molecule has 2 aromatic rings. The Morgan fingerprint density at radius 1 is 1.45 bits per heavy atom. The lowest BCUT2D eigenvalue weighted by Gasteiger charge is -2.19. The van der Waals surface area contributed by atoms with Gasteiger partial charge in [-0.2, -0.15) is 0 Å². The number of hydrogen-bond acceptors (Lipinski definition) is 5. The van der Waals surface area contributed by atoms with Gasteiger partial charge < -0.3 is 5.73 Å². The van der Waals surface area contributed by atoms with Crippen molar-refractivity contribution in [2.24, 2.45) is 11.7 Å². The van der Waals surface area contributed by atoms with Crippen molar-refractivity contribution in [2.75, 3.05) is 13.1 Å². The van der Waals surface area contributed by atoms with E-state index in [4.69, 9.17) is 10.7 Å². The number of likely N-dealkylation sites (tertiary alicyclic amines) is 1. The molecule has 1 saturated heterocycles. The van der Waals surface area contributed by atoms with Crippen molar-refractivity contribution in [3.63, 3.8) is 0 Å². The Balaban J connectivity index is 1.69. The number of pyridine rings is 1. The summed E-state index contributed by atoms with van der Waals surface area (Å²) in [5.41, 5.74) is 7.88. The summed E-state index contributed by atoms with van der Waals surface area (Å²) in [5, 5.41) is 3.15. The smallest absolute Gasteiger partial charge is 0.142 e. The van der Waals surface area contributed by atoms with Crippen LogP contribution in [0, 0.1) is 5.92 Å². The third-order valence-corrected chi connectivity index (χ3v) is 4.84. The zero-order valence-corrected chi connectivity index (χ0v) is 12.5. The predicted octanol–water partition coefficient (Wildman–Crippen LogP) is 2.37. The van der Waals surface area contributed by atoms with E-state index in [1.165, 1.54) is 6.42 Å². The van der Waals surface area contributed by atoms with Gasteiger partial charge in [-0.05, 0) is 37.9 Å². The largest absolute Gasteiger partial charge is 0.330 e. The van der Waals surface area contributed by atoms with E-state index in [1.54, 1.807) is 11.3 Å². The number of nitrogens with two attached hydrogens (primary N) is 1. The van der Waals surface area contributed by atoms with Crippen LogP contribution in [0.3, 0.4) is 0 Å². The lowest BCUT2D eigenvalue weighted by atomic mass is 10.1. The second kappa shape index (κ2) is 5.99. The summed E-state index contributed by atoms with van der Waals surface area (Å²) in [5.74, 6) is 0.638. The third-order valence-electron chi connectivity index (χ3n) is 3.92. The first-order chi connectivity index (χ1) is 9.76. The topological polar surface area (TPSA) is 55.0 Å². The molecule has 4 nitrogen and oxygen atoms in total. The van der Waals surface area contributed by atoms with Crippen LogP contribution in [0.25, 0.3) is 10.7 Å². The highest BCUT2D eigenvalue weighted by Crippen LogP contribution is 2.26. The zero-order chi connectivity index (χ0) is 13.9. The molecule has 20 heavy (non-hydrogen) atoms. The Hall–Kier alpha value is -1.30. The summed E-state index contributed by atoms with van der Waals surface area (Å²) < 4.78 is 0. The highest BCUT2D eigenvalue weighted by molar-refractivity contribution is 7.13. The van der Waals surface area contributed by atoms with Crippen LogP contribution >= 0.6 is 11.3 Å². The second-order valence-corrected chi connectivity index (χ2v) is 6.33. The molecule has 1 aliphatic rings. The Kier molecular flexibility index (Phi) is 4.10. The average Bonchev–Trinajstić information content (AvgIpc) is 3.08. The molecular weight excluding hydrogens is 268 g/mol. The molecule has 2 N–H and O–H groups in total. The van der Waals surface area contributed by atoms with Gasteiger partial charge in [-0.3, -0.25) is 9.88 Å². The Labute approximate surface area is 123 Å². The second-order valence-electron chi connectivity index (χ2n) is 5.47. The minimum atomic E-state index is 0.601. The van der Waals surface area contributed by atoms with E-state index in [-0.39, 0.29) is 0 Å². The first-order valence-corrected chi connectivity index (χ1v) is 7.94. The van der Waals surface area contributed by atoms with Gasteiger partial charge in [-0.25, -0.2) is 4.98 Å². The van der Waals surface area contributed by atoms with Crippen molar-refractivity contribution in [1.82, 2.24) is 14.9 Å². The van der Waals surface area contributed by atoms with Crippen molar-refractivity contribution < 1.29 is 0 Å². The van der Waals surface area contributed by atoms with E-state index in [0.29, 0.717) is 12.0 Å². The Morgan fingerprint density at radius 3 is 3.05 bits per heavy atom. The van der Waals surface area contributed by atoms with Gasteiger partial charge in [0.25, 0.3) is 0 Å². The van der Waals surface area contributed by atoms with Gasteiger partial charge >= 0.3 is 0 Å². The zero-order valence-electron chi connectivity index (χ0n) is 11.7. The van der Waals surface area contributed by atoms with Crippen molar-refractivity contribution in [1.29, 1.82) is 0 Å². The molecule has 2 atom stereocenters. The summed E-state index contributed by atoms with van der Waals surface area (Å²) in [6.45, 7) is 5.08. The Bertz CT molecular complexity index is 554. The predicted molar refractivity (Wildman–Crippen MR) is 82.4 cm³/mol. The van der Waals surface area contributed by atoms with Crippen molar-refractivity contribution in [3.8, 4) is 10.7 Å². The minimum absolute atomic E-state index is 0.601. The number of thiazole rings is 1. The maximum Gasteiger partial charge on any atom is 0.142 e. The molecule has 2 unspecified atom stereocenters. The van der Waals surface area contributed by atoms with Crippen LogP contribution in [0.2, 0.25) is 0 Å². The SMILES string of the molecule is CC1CC(CN)CN1Cc1csc(-c2ccccn2)n1. The molecule has 0 bridgehead atoms. The van der Waals surface area contributed by atoms with E-state index < -0.39 is 0 Å². The summed E-state index contributed by atoms with van der Waals surface area (Å²) in [4.78, 5) is 11.5. The minimum Gasteiger partial charge on any atom is -0.330 e. The fraction of sp³-hybridized carbons (Fsp3) is 0.467. The van der Waals surface area contributed by atoms with Crippen LogP contribution in [0.4, 0.5) is 0 Å². The van der Waals surface area contributed by atoms with Crippen LogP contribution in [0.5, 0.6) is 0 Å². The standard InChI is InChI=1S/C15H20N4S/c1-11-6-12(7-16)8-19(11)9-13-10-20-15(18-13)14-4-2-3-5-17-14/h2-5,10-12H,6-9,16H2,1H3. The van der Waals surface area contributed by atoms with E-state index >= 15 is 0 Å². The molecule has 5 heteroatoms. The van der Waals surface area contributed by atoms with Gasteiger partial charge in [0.2, 0.25) is 0 Å². The fourth-order valence-electron chi connectivity index (χ4n) is 2.80. The summed E-state index contributed by atoms with van der Waals surface area (Å²) in [7, 11) is 0. The highest BCUT2D eigenvalue weighted by Gasteiger charge is 2.28. The lowest BCUT2D eigenvalue weighted by molar-refractivity contribution is 0.253. The quantitative estimate of drug-likeness (QED) is 0.938. The highest BCUT2D eigenvalue weighted by atomic mass is 32.1. The van der Waals surface area contributed by atoms with Crippen molar-refractivity contribution in [3.05, 3.63) is 35.5 Å². The number of hydrogen-bond donors (Lipinski definition) is 1. The molecular formula is C15H20N4S. The third kappa shape index (κ3) is 2.90. The van der Waals surface area contributed by atoms with Crippen LogP contribution in [0.1, 0.15) is 19.0 Å². The van der Waals surface area contributed by atoms with Gasteiger partial charge in [0.15, 0.2) is 0 Å².